The number of hydrogen-bond acceptors (Lipinski definition) is 3. The number of rotatable bonds is 3. The van der Waals surface area contributed by atoms with Crippen LogP contribution in [0.25, 0.3) is 0 Å². The molecule has 2 aromatic rings. The number of nitrogens with one attached hydrogen (secondary N) is 1. The Hall–Kier alpha value is -2.27. The third-order valence-electron chi connectivity index (χ3n) is 2.67. The quantitative estimate of drug-likeness (QED) is 0.854. The first-order valence-electron chi connectivity index (χ1n) is 5.71. The molecule has 0 unspecified atom stereocenters. The molecule has 2 rings (SSSR count). The zero-order chi connectivity index (χ0) is 14.7. The summed E-state index contributed by atoms with van der Waals surface area (Å²) in [4.78, 5) is 12.0. The van der Waals surface area contributed by atoms with Gasteiger partial charge >= 0.3 is 0 Å². The van der Waals surface area contributed by atoms with E-state index in [1.54, 1.807) is 18.2 Å². The smallest absolute Gasteiger partial charge is 0.255 e. The molecular weight excluding hydrogens is 283 g/mol. The van der Waals surface area contributed by atoms with E-state index >= 15 is 0 Å². The van der Waals surface area contributed by atoms with E-state index in [1.807, 2.05) is 0 Å². The van der Waals surface area contributed by atoms with Gasteiger partial charge in [-0.1, -0.05) is 11.6 Å². The van der Waals surface area contributed by atoms with Crippen LogP contribution in [0.5, 0.6) is 5.75 Å². The van der Waals surface area contributed by atoms with Crippen molar-refractivity contribution in [3.05, 3.63) is 52.8 Å². The molecule has 3 N–H and O–H groups in total. The lowest BCUT2D eigenvalue weighted by molar-refractivity contribution is 0.102. The summed E-state index contributed by atoms with van der Waals surface area (Å²) in [6.07, 6.45) is 0. The Balaban J connectivity index is 2.21. The summed E-state index contributed by atoms with van der Waals surface area (Å²) < 4.78 is 18.1. The fourth-order valence-electron chi connectivity index (χ4n) is 1.63. The minimum Gasteiger partial charge on any atom is -0.495 e. The number of amides is 1. The monoisotopic (exact) mass is 294 g/mol. The summed E-state index contributed by atoms with van der Waals surface area (Å²) >= 11 is 5.64. The average Bonchev–Trinajstić information content (AvgIpc) is 2.43. The number of nitrogens with two attached hydrogens (primary N) is 1. The van der Waals surface area contributed by atoms with Crippen molar-refractivity contribution < 1.29 is 13.9 Å². The van der Waals surface area contributed by atoms with E-state index in [2.05, 4.69) is 5.32 Å². The van der Waals surface area contributed by atoms with Crippen LogP contribution in [0.15, 0.2) is 36.4 Å². The first kappa shape index (κ1) is 14.1. The van der Waals surface area contributed by atoms with Gasteiger partial charge in [0.25, 0.3) is 5.91 Å². The van der Waals surface area contributed by atoms with Crippen molar-refractivity contribution in [2.45, 2.75) is 0 Å². The van der Waals surface area contributed by atoms with Crippen molar-refractivity contribution in [1.29, 1.82) is 0 Å². The topological polar surface area (TPSA) is 64.3 Å². The number of ether oxygens (including phenoxy) is 1. The van der Waals surface area contributed by atoms with E-state index in [0.29, 0.717) is 17.1 Å². The molecule has 0 aliphatic carbocycles. The van der Waals surface area contributed by atoms with Gasteiger partial charge in [-0.2, -0.15) is 0 Å². The summed E-state index contributed by atoms with van der Waals surface area (Å²) in [5.41, 5.74) is 6.92. The Bertz CT molecular complexity index is 662. The SMILES string of the molecule is COc1cc(NC(=O)c2ccc(F)c(Cl)c2)ccc1N. The standard InChI is InChI=1S/C14H12ClFN2O2/c1-20-13-7-9(3-5-12(13)17)18-14(19)8-2-4-11(16)10(15)6-8/h2-7H,17H2,1H3,(H,18,19). The van der Waals surface area contributed by atoms with E-state index in [4.69, 9.17) is 22.1 Å². The van der Waals surface area contributed by atoms with E-state index in [1.165, 1.54) is 19.2 Å². The second-order valence-electron chi connectivity index (χ2n) is 4.04. The lowest BCUT2D eigenvalue weighted by Gasteiger charge is -2.09. The van der Waals surface area contributed by atoms with Gasteiger partial charge in [-0.15, -0.1) is 0 Å². The predicted molar refractivity (Wildman–Crippen MR) is 76.8 cm³/mol. The number of benzene rings is 2. The number of carbonyl (C=O) groups excluding carboxylic acids is 1. The zero-order valence-electron chi connectivity index (χ0n) is 10.6. The number of hydrogen-bond donors (Lipinski definition) is 2. The average molecular weight is 295 g/mol. The highest BCUT2D eigenvalue weighted by Gasteiger charge is 2.10. The maximum atomic E-state index is 13.0. The van der Waals surface area contributed by atoms with Gasteiger partial charge in [0.05, 0.1) is 17.8 Å². The molecule has 0 aliphatic rings. The highest BCUT2D eigenvalue weighted by Crippen LogP contribution is 2.25. The van der Waals surface area contributed by atoms with Crippen molar-refractivity contribution in [3.63, 3.8) is 0 Å². The molecule has 0 radical (unpaired) electrons. The van der Waals surface area contributed by atoms with E-state index < -0.39 is 11.7 Å². The van der Waals surface area contributed by atoms with Crippen LogP contribution < -0.4 is 15.8 Å². The second-order valence-corrected chi connectivity index (χ2v) is 4.45. The van der Waals surface area contributed by atoms with Crippen molar-refractivity contribution in [3.8, 4) is 5.75 Å². The number of halogens is 2. The largest absolute Gasteiger partial charge is 0.495 e. The lowest BCUT2D eigenvalue weighted by atomic mass is 10.2. The molecule has 0 bridgehead atoms. The van der Waals surface area contributed by atoms with Crippen molar-refractivity contribution >= 4 is 28.9 Å². The highest BCUT2D eigenvalue weighted by atomic mass is 35.5. The maximum absolute atomic E-state index is 13.0. The number of anilines is 2. The highest BCUT2D eigenvalue weighted by molar-refractivity contribution is 6.31. The molecule has 2 aromatic carbocycles. The van der Waals surface area contributed by atoms with Crippen molar-refractivity contribution in [2.75, 3.05) is 18.2 Å². The Labute approximate surface area is 120 Å². The van der Waals surface area contributed by atoms with Crippen LogP contribution in [-0.2, 0) is 0 Å². The van der Waals surface area contributed by atoms with Gasteiger partial charge in [-0.05, 0) is 30.3 Å². The molecule has 104 valence electrons. The van der Waals surface area contributed by atoms with Crippen molar-refractivity contribution in [1.82, 2.24) is 0 Å². The number of nitrogen functional groups attached to an aromatic ring is 1. The summed E-state index contributed by atoms with van der Waals surface area (Å²) in [5, 5.41) is 2.55. The second kappa shape index (κ2) is 5.79. The molecule has 1 amide bonds. The lowest BCUT2D eigenvalue weighted by Crippen LogP contribution is -2.12. The first-order valence-corrected chi connectivity index (χ1v) is 6.09. The van der Waals surface area contributed by atoms with Gasteiger partial charge < -0.3 is 15.8 Å². The van der Waals surface area contributed by atoms with Gasteiger partial charge in [0.2, 0.25) is 0 Å². The van der Waals surface area contributed by atoms with Crippen LogP contribution in [0.1, 0.15) is 10.4 Å². The van der Waals surface area contributed by atoms with Gasteiger partial charge in [0.1, 0.15) is 11.6 Å². The Morgan fingerprint density at radius 1 is 1.30 bits per heavy atom. The van der Waals surface area contributed by atoms with E-state index in [-0.39, 0.29) is 10.6 Å². The van der Waals surface area contributed by atoms with Crippen LogP contribution >= 0.6 is 11.6 Å². The Morgan fingerprint density at radius 3 is 2.70 bits per heavy atom. The normalized spacial score (nSPS) is 10.2. The van der Waals surface area contributed by atoms with Gasteiger partial charge in [0, 0.05) is 17.3 Å². The number of methoxy groups -OCH3 is 1. The van der Waals surface area contributed by atoms with Crippen LogP contribution in [0.2, 0.25) is 5.02 Å². The minimum atomic E-state index is -0.572. The van der Waals surface area contributed by atoms with Crippen LogP contribution in [0.3, 0.4) is 0 Å². The summed E-state index contributed by atoms with van der Waals surface area (Å²) in [5.74, 6) is -0.518. The van der Waals surface area contributed by atoms with Crippen molar-refractivity contribution in [2.24, 2.45) is 0 Å². The fraction of sp³-hybridized carbons (Fsp3) is 0.0714. The summed E-state index contributed by atoms with van der Waals surface area (Å²) in [6.45, 7) is 0. The van der Waals surface area contributed by atoms with Gasteiger partial charge in [-0.25, -0.2) is 4.39 Å². The molecule has 6 heteroatoms. The molecule has 4 nitrogen and oxygen atoms in total. The molecule has 0 spiro atoms. The molecule has 0 saturated carbocycles. The molecule has 20 heavy (non-hydrogen) atoms. The predicted octanol–water partition coefficient (Wildman–Crippen LogP) is 3.32. The third-order valence-corrected chi connectivity index (χ3v) is 2.96. The van der Waals surface area contributed by atoms with Crippen LogP contribution in [0, 0.1) is 5.82 Å². The summed E-state index contributed by atoms with van der Waals surface area (Å²) in [7, 11) is 1.48. The molecular formula is C14H12ClFN2O2. The molecule has 0 saturated heterocycles. The molecule has 0 atom stereocenters. The number of carbonyl (C=O) groups is 1. The fourth-order valence-corrected chi connectivity index (χ4v) is 1.81. The van der Waals surface area contributed by atoms with Crippen LogP contribution in [0.4, 0.5) is 15.8 Å². The van der Waals surface area contributed by atoms with E-state index in [0.717, 1.165) is 6.07 Å². The minimum absolute atomic E-state index is 0.104. The Morgan fingerprint density at radius 2 is 2.05 bits per heavy atom. The van der Waals surface area contributed by atoms with Crippen LogP contribution in [-0.4, -0.2) is 13.0 Å². The first-order chi connectivity index (χ1) is 9.51. The molecule has 0 aliphatic heterocycles. The maximum Gasteiger partial charge on any atom is 0.255 e. The van der Waals surface area contributed by atoms with Gasteiger partial charge in [-0.3, -0.25) is 4.79 Å². The zero-order valence-corrected chi connectivity index (χ0v) is 11.4. The molecule has 0 heterocycles. The van der Waals surface area contributed by atoms with E-state index in [9.17, 15) is 9.18 Å². The third kappa shape index (κ3) is 3.00. The van der Waals surface area contributed by atoms with Gasteiger partial charge in [0.15, 0.2) is 0 Å². The summed E-state index contributed by atoms with van der Waals surface area (Å²) in [6, 6.07) is 8.61. The molecule has 0 aromatic heterocycles. The Kier molecular flexibility index (Phi) is 4.10. The molecule has 0 fully saturated rings.